The predicted octanol–water partition coefficient (Wildman–Crippen LogP) is 1.70. The van der Waals surface area contributed by atoms with Crippen molar-refractivity contribution >= 4 is 11.9 Å². The van der Waals surface area contributed by atoms with Gasteiger partial charge >= 0.3 is 5.97 Å². The molecular formula is C13H17NO3. The van der Waals surface area contributed by atoms with E-state index in [4.69, 9.17) is 5.11 Å². The van der Waals surface area contributed by atoms with E-state index >= 15 is 0 Å². The van der Waals surface area contributed by atoms with Gasteiger partial charge in [-0.1, -0.05) is 26.0 Å². The summed E-state index contributed by atoms with van der Waals surface area (Å²) in [4.78, 5) is 21.9. The van der Waals surface area contributed by atoms with Gasteiger partial charge in [-0.3, -0.25) is 9.59 Å². The van der Waals surface area contributed by atoms with Gasteiger partial charge in [0.2, 0.25) is 0 Å². The summed E-state index contributed by atoms with van der Waals surface area (Å²) >= 11 is 0. The van der Waals surface area contributed by atoms with Crippen molar-refractivity contribution in [3.05, 3.63) is 35.4 Å². The Morgan fingerprint density at radius 2 is 2.06 bits per heavy atom. The summed E-state index contributed by atoms with van der Waals surface area (Å²) in [6.07, 6.45) is 0.903. The molecule has 0 aromatic heterocycles. The summed E-state index contributed by atoms with van der Waals surface area (Å²) in [5.41, 5.74) is 1.59. The zero-order valence-corrected chi connectivity index (χ0v) is 10.1. The zero-order valence-electron chi connectivity index (χ0n) is 10.1. The minimum Gasteiger partial charge on any atom is -0.480 e. The van der Waals surface area contributed by atoms with E-state index in [1.807, 2.05) is 12.1 Å². The van der Waals surface area contributed by atoms with Crippen molar-refractivity contribution in [1.82, 2.24) is 5.32 Å². The van der Waals surface area contributed by atoms with Crippen LogP contribution in [0.25, 0.3) is 0 Å². The Bertz CT molecular complexity index is 413. The maximum Gasteiger partial charge on any atom is 0.322 e. The Morgan fingerprint density at radius 3 is 2.65 bits per heavy atom. The quantitative estimate of drug-likeness (QED) is 0.816. The molecule has 0 saturated heterocycles. The van der Waals surface area contributed by atoms with Crippen LogP contribution in [0, 0.1) is 5.92 Å². The third-order valence-electron chi connectivity index (χ3n) is 2.23. The molecule has 0 bridgehead atoms. The first-order valence-electron chi connectivity index (χ1n) is 5.58. The minimum atomic E-state index is -1.04. The Morgan fingerprint density at radius 1 is 1.35 bits per heavy atom. The standard InChI is InChI=1S/C13H17NO3/c1-9(2)6-10-4-3-5-11(7-10)13(17)14-8-12(15)16/h3-5,7,9H,6,8H2,1-2H3,(H,14,17)(H,15,16). The SMILES string of the molecule is CC(C)Cc1cccc(C(=O)NCC(=O)O)c1. The van der Waals surface area contributed by atoms with Crippen LogP contribution < -0.4 is 5.32 Å². The number of carbonyl (C=O) groups is 2. The number of carboxylic acid groups (broad SMARTS) is 1. The fourth-order valence-electron chi connectivity index (χ4n) is 1.57. The van der Waals surface area contributed by atoms with Crippen LogP contribution in [0.5, 0.6) is 0 Å². The van der Waals surface area contributed by atoms with E-state index in [1.54, 1.807) is 12.1 Å². The highest BCUT2D eigenvalue weighted by Crippen LogP contribution is 2.10. The van der Waals surface area contributed by atoms with Gasteiger partial charge in [0.05, 0.1) is 0 Å². The van der Waals surface area contributed by atoms with Crippen molar-refractivity contribution in [1.29, 1.82) is 0 Å². The van der Waals surface area contributed by atoms with Crippen molar-refractivity contribution < 1.29 is 14.7 Å². The van der Waals surface area contributed by atoms with Crippen LogP contribution in [0.15, 0.2) is 24.3 Å². The van der Waals surface area contributed by atoms with Crippen LogP contribution in [-0.4, -0.2) is 23.5 Å². The number of carboxylic acids is 1. The van der Waals surface area contributed by atoms with E-state index in [0.717, 1.165) is 12.0 Å². The van der Waals surface area contributed by atoms with Crippen LogP contribution in [0.4, 0.5) is 0 Å². The molecule has 92 valence electrons. The number of rotatable bonds is 5. The van der Waals surface area contributed by atoms with Crippen molar-refractivity contribution in [2.24, 2.45) is 5.92 Å². The van der Waals surface area contributed by atoms with E-state index in [1.165, 1.54) is 0 Å². The van der Waals surface area contributed by atoms with Gasteiger partial charge in [0, 0.05) is 5.56 Å². The molecule has 4 nitrogen and oxygen atoms in total. The highest BCUT2D eigenvalue weighted by Gasteiger charge is 2.08. The zero-order chi connectivity index (χ0) is 12.8. The van der Waals surface area contributed by atoms with Gasteiger partial charge in [0.1, 0.15) is 6.54 Å². The summed E-state index contributed by atoms with van der Waals surface area (Å²) in [6.45, 7) is 3.86. The maximum absolute atomic E-state index is 11.6. The van der Waals surface area contributed by atoms with Gasteiger partial charge in [0.15, 0.2) is 0 Å². The lowest BCUT2D eigenvalue weighted by Crippen LogP contribution is -2.29. The topological polar surface area (TPSA) is 66.4 Å². The summed E-state index contributed by atoms with van der Waals surface area (Å²) in [7, 11) is 0. The van der Waals surface area contributed by atoms with Crippen molar-refractivity contribution in [2.75, 3.05) is 6.54 Å². The fraction of sp³-hybridized carbons (Fsp3) is 0.385. The molecule has 0 spiro atoms. The molecule has 0 atom stereocenters. The van der Waals surface area contributed by atoms with Crippen molar-refractivity contribution in [3.8, 4) is 0 Å². The van der Waals surface area contributed by atoms with Crippen LogP contribution in [-0.2, 0) is 11.2 Å². The molecule has 0 heterocycles. The molecule has 1 amide bonds. The average molecular weight is 235 g/mol. The van der Waals surface area contributed by atoms with Gasteiger partial charge in [-0.05, 0) is 30.0 Å². The summed E-state index contributed by atoms with van der Waals surface area (Å²) < 4.78 is 0. The van der Waals surface area contributed by atoms with Gasteiger partial charge in [-0.2, -0.15) is 0 Å². The normalized spacial score (nSPS) is 10.3. The monoisotopic (exact) mass is 235 g/mol. The van der Waals surface area contributed by atoms with E-state index < -0.39 is 5.97 Å². The van der Waals surface area contributed by atoms with E-state index in [2.05, 4.69) is 19.2 Å². The third-order valence-corrected chi connectivity index (χ3v) is 2.23. The smallest absolute Gasteiger partial charge is 0.322 e. The average Bonchev–Trinajstić information content (AvgIpc) is 2.25. The lowest BCUT2D eigenvalue weighted by Gasteiger charge is -2.07. The fourth-order valence-corrected chi connectivity index (χ4v) is 1.57. The molecule has 0 aliphatic rings. The van der Waals surface area contributed by atoms with Crippen LogP contribution >= 0.6 is 0 Å². The summed E-state index contributed by atoms with van der Waals surface area (Å²) in [6, 6.07) is 7.26. The first kappa shape index (κ1) is 13.2. The van der Waals surface area contributed by atoms with Gasteiger partial charge < -0.3 is 10.4 Å². The first-order chi connectivity index (χ1) is 7.99. The Balaban J connectivity index is 2.70. The molecular weight excluding hydrogens is 218 g/mol. The molecule has 0 aliphatic carbocycles. The van der Waals surface area contributed by atoms with E-state index in [-0.39, 0.29) is 12.5 Å². The lowest BCUT2D eigenvalue weighted by molar-refractivity contribution is -0.135. The van der Waals surface area contributed by atoms with Crippen LogP contribution in [0.2, 0.25) is 0 Å². The molecule has 0 aliphatic heterocycles. The molecule has 1 aromatic rings. The number of benzene rings is 1. The van der Waals surface area contributed by atoms with Crippen molar-refractivity contribution in [2.45, 2.75) is 20.3 Å². The number of nitrogens with one attached hydrogen (secondary N) is 1. The molecule has 17 heavy (non-hydrogen) atoms. The van der Waals surface area contributed by atoms with Crippen molar-refractivity contribution in [3.63, 3.8) is 0 Å². The molecule has 1 rings (SSSR count). The molecule has 0 unspecified atom stereocenters. The van der Waals surface area contributed by atoms with Crippen LogP contribution in [0.3, 0.4) is 0 Å². The number of amides is 1. The molecule has 0 saturated carbocycles. The second kappa shape index (κ2) is 6.03. The van der Waals surface area contributed by atoms with Gasteiger partial charge in [-0.25, -0.2) is 0 Å². The Hall–Kier alpha value is -1.84. The first-order valence-corrected chi connectivity index (χ1v) is 5.58. The molecule has 0 radical (unpaired) electrons. The van der Waals surface area contributed by atoms with Gasteiger partial charge in [-0.15, -0.1) is 0 Å². The van der Waals surface area contributed by atoms with Gasteiger partial charge in [0.25, 0.3) is 5.91 Å². The number of carbonyl (C=O) groups excluding carboxylic acids is 1. The van der Waals surface area contributed by atoms with E-state index in [9.17, 15) is 9.59 Å². The third kappa shape index (κ3) is 4.68. The Kier molecular flexibility index (Phi) is 4.69. The maximum atomic E-state index is 11.6. The predicted molar refractivity (Wildman–Crippen MR) is 65.0 cm³/mol. The molecule has 4 heteroatoms. The van der Waals surface area contributed by atoms with E-state index in [0.29, 0.717) is 11.5 Å². The molecule has 0 fully saturated rings. The summed E-state index contributed by atoms with van der Waals surface area (Å²) in [5.74, 6) is -0.873. The second-order valence-electron chi connectivity index (χ2n) is 4.37. The number of hydrogen-bond donors (Lipinski definition) is 2. The molecule has 2 N–H and O–H groups in total. The summed E-state index contributed by atoms with van der Waals surface area (Å²) in [5, 5.41) is 10.8. The Labute approximate surface area is 101 Å². The van der Waals surface area contributed by atoms with Crippen LogP contribution in [0.1, 0.15) is 29.8 Å². The largest absolute Gasteiger partial charge is 0.480 e. The molecule has 1 aromatic carbocycles. The number of hydrogen-bond acceptors (Lipinski definition) is 2. The lowest BCUT2D eigenvalue weighted by atomic mass is 10.0. The highest BCUT2D eigenvalue weighted by molar-refractivity contribution is 5.95. The number of aliphatic carboxylic acids is 1. The highest BCUT2D eigenvalue weighted by atomic mass is 16.4. The second-order valence-corrected chi connectivity index (χ2v) is 4.37. The minimum absolute atomic E-state index is 0.349.